The number of carbonyl (C=O) groups is 1. The molecule has 10 heteroatoms. The van der Waals surface area contributed by atoms with Crippen molar-refractivity contribution in [3.8, 4) is 0 Å². The molecule has 3 atom stereocenters. The molecule has 0 aromatic rings. The van der Waals surface area contributed by atoms with E-state index in [2.05, 4.69) is 86.8 Å². The SMILES string of the molecule is CC/C=C\C/C=C\C/C=C\C/C=C\C/C=C\C/C=C\CCCCCCC(=O)OC(COCCCCCCCCCCCCCCCCCCCCCCC)COP(=O)(O)OCC(O)CO. The molecule has 0 rings (SSSR count). The van der Waals surface area contributed by atoms with E-state index in [1.54, 1.807) is 0 Å². The summed E-state index contributed by atoms with van der Waals surface area (Å²) >= 11 is 0. The predicted molar refractivity (Wildman–Crippen MR) is 274 cm³/mol. The Hall–Kier alpha value is -2.10. The summed E-state index contributed by atoms with van der Waals surface area (Å²) in [6.07, 6.45) is 63.0. The van der Waals surface area contributed by atoms with E-state index in [9.17, 15) is 19.4 Å². The first-order chi connectivity index (χ1) is 31.8. The summed E-state index contributed by atoms with van der Waals surface area (Å²) in [5, 5.41) is 18.4. The van der Waals surface area contributed by atoms with Crippen LogP contribution in [0.5, 0.6) is 0 Å². The molecule has 0 bridgehead atoms. The summed E-state index contributed by atoms with van der Waals surface area (Å²) < 4.78 is 33.5. The Morgan fingerprint density at radius 1 is 0.492 bits per heavy atom. The second-order valence-electron chi connectivity index (χ2n) is 17.5. The number of rotatable bonds is 50. The standard InChI is InChI=1S/C55H99O9P/c1-3-5-7-9-11-13-15-17-19-21-23-25-26-27-29-31-33-35-37-39-41-43-45-47-55(58)64-54(52-63-65(59,60)62-50-53(57)49-56)51-61-48-46-44-42-40-38-36-34-32-30-28-24-22-20-18-16-14-12-10-8-6-4-2/h5,7,11,13,17,19,23,25,27,29,33,35,53-54,56-57H,3-4,6,8-10,12,14-16,18,20-22,24,26,28,30-32,34,36-52H2,1-2H3,(H,59,60)/b7-5-,13-11-,19-17-,25-23-,29-27-,35-33-. The van der Waals surface area contributed by atoms with Gasteiger partial charge in [0.1, 0.15) is 12.2 Å². The molecule has 0 heterocycles. The maximum atomic E-state index is 12.7. The van der Waals surface area contributed by atoms with Crippen molar-refractivity contribution in [3.63, 3.8) is 0 Å². The minimum absolute atomic E-state index is 0.0379. The highest BCUT2D eigenvalue weighted by atomic mass is 31.2. The van der Waals surface area contributed by atoms with E-state index in [1.165, 1.54) is 116 Å². The van der Waals surface area contributed by atoms with Crippen molar-refractivity contribution in [1.82, 2.24) is 0 Å². The quantitative estimate of drug-likeness (QED) is 0.0236. The van der Waals surface area contributed by atoms with Gasteiger partial charge in [0, 0.05) is 13.0 Å². The van der Waals surface area contributed by atoms with Gasteiger partial charge in [-0.25, -0.2) is 4.57 Å². The summed E-state index contributed by atoms with van der Waals surface area (Å²) in [5.41, 5.74) is 0. The van der Waals surface area contributed by atoms with Crippen LogP contribution in [0.25, 0.3) is 0 Å². The number of unbranched alkanes of at least 4 members (excludes halogenated alkanes) is 24. The van der Waals surface area contributed by atoms with E-state index in [4.69, 9.17) is 23.6 Å². The normalized spacial score (nSPS) is 14.4. The van der Waals surface area contributed by atoms with Gasteiger partial charge in [0.05, 0.1) is 26.4 Å². The Bertz CT molecular complexity index is 1240. The molecule has 0 saturated carbocycles. The van der Waals surface area contributed by atoms with Gasteiger partial charge in [-0.15, -0.1) is 0 Å². The van der Waals surface area contributed by atoms with Crippen LogP contribution in [0.4, 0.5) is 0 Å². The van der Waals surface area contributed by atoms with Crippen molar-refractivity contribution in [2.75, 3.05) is 33.0 Å². The molecule has 0 fully saturated rings. The Labute approximate surface area is 399 Å². The summed E-state index contributed by atoms with van der Waals surface area (Å²) in [6.45, 7) is 3.40. The number of phosphoric ester groups is 1. The first kappa shape index (κ1) is 62.9. The lowest BCUT2D eigenvalue weighted by Crippen LogP contribution is -2.29. The van der Waals surface area contributed by atoms with Crippen LogP contribution in [0, 0.1) is 0 Å². The van der Waals surface area contributed by atoms with Crippen LogP contribution in [0.15, 0.2) is 72.9 Å². The molecule has 0 radical (unpaired) electrons. The Kier molecular flexibility index (Phi) is 49.6. The van der Waals surface area contributed by atoms with Gasteiger partial charge in [-0.2, -0.15) is 0 Å². The van der Waals surface area contributed by atoms with Crippen LogP contribution in [0.2, 0.25) is 0 Å². The fraction of sp³-hybridized carbons (Fsp3) is 0.764. The highest BCUT2D eigenvalue weighted by Crippen LogP contribution is 2.43. The van der Waals surface area contributed by atoms with Gasteiger partial charge >= 0.3 is 13.8 Å². The summed E-state index contributed by atoms with van der Waals surface area (Å²) in [6, 6.07) is 0. The van der Waals surface area contributed by atoms with E-state index < -0.39 is 39.2 Å². The molecule has 0 spiro atoms. The molecule has 0 aromatic heterocycles. The average Bonchev–Trinajstić information content (AvgIpc) is 3.30. The zero-order chi connectivity index (χ0) is 47.4. The number of hydrogen-bond acceptors (Lipinski definition) is 8. The maximum absolute atomic E-state index is 12.7. The fourth-order valence-electron chi connectivity index (χ4n) is 7.18. The first-order valence-corrected chi connectivity index (χ1v) is 27.9. The zero-order valence-corrected chi connectivity index (χ0v) is 42.6. The first-order valence-electron chi connectivity index (χ1n) is 26.4. The van der Waals surface area contributed by atoms with Crippen LogP contribution >= 0.6 is 7.82 Å². The fourth-order valence-corrected chi connectivity index (χ4v) is 7.97. The minimum Gasteiger partial charge on any atom is -0.457 e. The molecule has 3 unspecified atom stereocenters. The summed E-state index contributed by atoms with van der Waals surface area (Å²) in [7, 11) is -4.54. The van der Waals surface area contributed by atoms with Crippen molar-refractivity contribution in [1.29, 1.82) is 0 Å². The third kappa shape index (κ3) is 51.1. The van der Waals surface area contributed by atoms with Gasteiger partial charge in [0.15, 0.2) is 0 Å². The third-order valence-corrected chi connectivity index (χ3v) is 12.1. The number of carbonyl (C=O) groups excluding carboxylic acids is 1. The van der Waals surface area contributed by atoms with E-state index >= 15 is 0 Å². The highest BCUT2D eigenvalue weighted by molar-refractivity contribution is 7.47. The maximum Gasteiger partial charge on any atom is 0.472 e. The Morgan fingerprint density at radius 3 is 1.32 bits per heavy atom. The molecule has 0 aliphatic carbocycles. The van der Waals surface area contributed by atoms with Crippen LogP contribution in [0.1, 0.15) is 226 Å². The molecule has 378 valence electrons. The van der Waals surface area contributed by atoms with Crippen LogP contribution in [0.3, 0.4) is 0 Å². The number of aliphatic hydroxyl groups excluding tert-OH is 2. The molecular formula is C55H99O9P. The molecule has 0 aromatic carbocycles. The van der Waals surface area contributed by atoms with Gasteiger partial charge in [-0.05, 0) is 64.2 Å². The van der Waals surface area contributed by atoms with Crippen LogP contribution < -0.4 is 0 Å². The number of allylic oxidation sites excluding steroid dienone is 12. The number of hydrogen-bond donors (Lipinski definition) is 3. The topological polar surface area (TPSA) is 132 Å². The van der Waals surface area contributed by atoms with Gasteiger partial charge in [-0.1, -0.05) is 228 Å². The number of phosphoric acid groups is 1. The molecule has 65 heavy (non-hydrogen) atoms. The number of esters is 1. The third-order valence-electron chi connectivity index (χ3n) is 11.2. The average molecular weight is 935 g/mol. The number of aliphatic hydroxyl groups is 2. The lowest BCUT2D eigenvalue weighted by molar-refractivity contribution is -0.154. The Morgan fingerprint density at radius 2 is 0.877 bits per heavy atom. The van der Waals surface area contributed by atoms with Gasteiger partial charge < -0.3 is 24.6 Å². The van der Waals surface area contributed by atoms with Gasteiger partial charge in [-0.3, -0.25) is 13.8 Å². The van der Waals surface area contributed by atoms with Crippen LogP contribution in [-0.2, 0) is 27.9 Å². The zero-order valence-electron chi connectivity index (χ0n) is 41.7. The molecule has 0 aliphatic rings. The smallest absolute Gasteiger partial charge is 0.457 e. The van der Waals surface area contributed by atoms with E-state index in [0.717, 1.165) is 83.5 Å². The molecule has 0 amide bonds. The lowest BCUT2D eigenvalue weighted by Gasteiger charge is -2.20. The second-order valence-corrected chi connectivity index (χ2v) is 19.0. The number of ether oxygens (including phenoxy) is 2. The second kappa shape index (κ2) is 51.3. The van der Waals surface area contributed by atoms with Crippen molar-refractivity contribution in [2.45, 2.75) is 238 Å². The molecule has 0 saturated heterocycles. The van der Waals surface area contributed by atoms with Crippen molar-refractivity contribution in [2.24, 2.45) is 0 Å². The van der Waals surface area contributed by atoms with E-state index in [1.807, 2.05) is 0 Å². The molecule has 0 aliphatic heterocycles. The van der Waals surface area contributed by atoms with Crippen molar-refractivity contribution < 1.29 is 43.0 Å². The lowest BCUT2D eigenvalue weighted by atomic mass is 10.0. The van der Waals surface area contributed by atoms with E-state index in [0.29, 0.717) is 13.0 Å². The van der Waals surface area contributed by atoms with Gasteiger partial charge in [0.25, 0.3) is 0 Å². The van der Waals surface area contributed by atoms with Crippen molar-refractivity contribution >= 4 is 13.8 Å². The minimum atomic E-state index is -4.54. The predicted octanol–water partition coefficient (Wildman–Crippen LogP) is 15.7. The molecule has 9 nitrogen and oxygen atoms in total. The summed E-state index contributed by atoms with van der Waals surface area (Å²) in [4.78, 5) is 22.7. The monoisotopic (exact) mass is 935 g/mol. The van der Waals surface area contributed by atoms with Gasteiger partial charge in [0.2, 0.25) is 0 Å². The largest absolute Gasteiger partial charge is 0.472 e. The van der Waals surface area contributed by atoms with Crippen LogP contribution in [-0.4, -0.2) is 66.3 Å². The Balaban J connectivity index is 4.12. The molecular weight excluding hydrogens is 836 g/mol. The van der Waals surface area contributed by atoms with Crippen molar-refractivity contribution in [3.05, 3.63) is 72.9 Å². The van der Waals surface area contributed by atoms with E-state index in [-0.39, 0.29) is 19.6 Å². The highest BCUT2D eigenvalue weighted by Gasteiger charge is 2.26. The summed E-state index contributed by atoms with van der Waals surface area (Å²) in [5.74, 6) is -0.405. The molecule has 3 N–H and O–H groups in total.